The van der Waals surface area contributed by atoms with Crippen molar-refractivity contribution in [3.8, 4) is 6.07 Å². The number of allylic oxidation sites excluding steroid dienone is 1. The van der Waals surface area contributed by atoms with Crippen LogP contribution < -0.4 is 5.32 Å². The van der Waals surface area contributed by atoms with E-state index >= 15 is 0 Å². The van der Waals surface area contributed by atoms with Gasteiger partial charge in [0.1, 0.15) is 22.4 Å². The monoisotopic (exact) mass is 403 g/mol. The molecule has 0 saturated carbocycles. The van der Waals surface area contributed by atoms with Crippen LogP contribution in [0.4, 0.5) is 5.13 Å². The first-order valence-corrected chi connectivity index (χ1v) is 10.7. The number of thioether (sulfide) groups is 1. The Bertz CT molecular complexity index is 924. The summed E-state index contributed by atoms with van der Waals surface area (Å²) >= 11 is 4.20. The molecular formula is C17H17N5OS3. The molecule has 3 rings (SSSR count). The third-order valence-corrected chi connectivity index (χ3v) is 6.53. The van der Waals surface area contributed by atoms with Gasteiger partial charge in [-0.3, -0.25) is 0 Å². The first-order valence-electron chi connectivity index (χ1n) is 8.09. The second kappa shape index (κ2) is 8.98. The summed E-state index contributed by atoms with van der Waals surface area (Å²) in [7, 11) is 0. The number of para-hydroxylation sites is 1. The second-order valence-electron chi connectivity index (χ2n) is 5.36. The van der Waals surface area contributed by atoms with Crippen LogP contribution in [0.1, 0.15) is 24.8 Å². The Balaban J connectivity index is 1.68. The maximum Gasteiger partial charge on any atom is 0.206 e. The van der Waals surface area contributed by atoms with Crippen molar-refractivity contribution in [3.63, 3.8) is 0 Å². The molecule has 0 amide bonds. The fourth-order valence-corrected chi connectivity index (χ4v) is 4.77. The second-order valence-corrected chi connectivity index (χ2v) is 8.59. The normalized spacial score (nSPS) is 12.0. The van der Waals surface area contributed by atoms with Gasteiger partial charge in [-0.1, -0.05) is 48.6 Å². The highest BCUT2D eigenvalue weighted by Crippen LogP contribution is 2.31. The number of fused-ring (bicyclic) bond motifs is 1. The van der Waals surface area contributed by atoms with Crippen LogP contribution in [0.5, 0.6) is 0 Å². The van der Waals surface area contributed by atoms with Gasteiger partial charge in [-0.25, -0.2) is 4.98 Å². The molecule has 9 heteroatoms. The van der Waals surface area contributed by atoms with E-state index in [1.165, 1.54) is 34.4 Å². The van der Waals surface area contributed by atoms with Crippen molar-refractivity contribution in [2.24, 2.45) is 0 Å². The number of nitriles is 1. The van der Waals surface area contributed by atoms with Crippen LogP contribution in [0.15, 0.2) is 34.4 Å². The van der Waals surface area contributed by atoms with Crippen molar-refractivity contribution >= 4 is 55.4 Å². The van der Waals surface area contributed by atoms with Crippen molar-refractivity contribution in [1.82, 2.24) is 15.2 Å². The number of hydrogen-bond donors (Lipinski definition) is 2. The number of thiazole rings is 1. The highest BCUT2D eigenvalue weighted by atomic mass is 32.2. The molecule has 26 heavy (non-hydrogen) atoms. The molecule has 2 aromatic heterocycles. The summed E-state index contributed by atoms with van der Waals surface area (Å²) in [6, 6.07) is 9.75. The maximum atomic E-state index is 10.4. The van der Waals surface area contributed by atoms with E-state index < -0.39 is 0 Å². The number of aliphatic hydroxyl groups is 1. The Labute approximate surface area is 163 Å². The van der Waals surface area contributed by atoms with E-state index in [9.17, 15) is 10.4 Å². The van der Waals surface area contributed by atoms with E-state index in [-0.39, 0.29) is 17.1 Å². The molecule has 0 bridgehead atoms. The van der Waals surface area contributed by atoms with Gasteiger partial charge >= 0.3 is 0 Å². The van der Waals surface area contributed by atoms with E-state index in [2.05, 4.69) is 33.5 Å². The average Bonchev–Trinajstić information content (AvgIpc) is 3.27. The van der Waals surface area contributed by atoms with Gasteiger partial charge in [0.2, 0.25) is 5.13 Å². The van der Waals surface area contributed by atoms with E-state index in [1.807, 2.05) is 24.3 Å². The summed E-state index contributed by atoms with van der Waals surface area (Å²) in [4.78, 5) is 4.44. The third-order valence-electron chi connectivity index (χ3n) is 3.45. The summed E-state index contributed by atoms with van der Waals surface area (Å²) in [6.07, 6.45) is 2.20. The molecule has 134 valence electrons. The van der Waals surface area contributed by atoms with Crippen molar-refractivity contribution in [2.75, 3.05) is 17.6 Å². The van der Waals surface area contributed by atoms with Gasteiger partial charge in [0, 0.05) is 6.54 Å². The van der Waals surface area contributed by atoms with Crippen molar-refractivity contribution < 1.29 is 5.11 Å². The number of aliphatic hydroxyl groups excluding tert-OH is 1. The van der Waals surface area contributed by atoms with Crippen LogP contribution in [0.25, 0.3) is 15.8 Å². The molecule has 0 aliphatic rings. The van der Waals surface area contributed by atoms with Crippen LogP contribution in [0, 0.1) is 11.3 Å². The molecule has 0 aliphatic carbocycles. The van der Waals surface area contributed by atoms with Crippen LogP contribution in [0.2, 0.25) is 0 Å². The molecule has 0 radical (unpaired) electrons. The van der Waals surface area contributed by atoms with Gasteiger partial charge in [0.05, 0.1) is 16.0 Å². The SMILES string of the molecule is CCCCNc1nnc(SC/C(O)=C(\C#N)c2nc3ccccc3s2)s1. The zero-order chi connectivity index (χ0) is 18.4. The number of hydrogen-bond acceptors (Lipinski definition) is 9. The highest BCUT2D eigenvalue weighted by Gasteiger charge is 2.15. The first-order chi connectivity index (χ1) is 12.7. The molecular weight excluding hydrogens is 386 g/mol. The van der Waals surface area contributed by atoms with Crippen LogP contribution >= 0.6 is 34.4 Å². The maximum absolute atomic E-state index is 10.4. The Hall–Kier alpha value is -2.15. The van der Waals surface area contributed by atoms with Crippen LogP contribution in [-0.4, -0.2) is 32.6 Å². The molecule has 3 aromatic rings. The van der Waals surface area contributed by atoms with E-state index in [0.717, 1.165) is 39.1 Å². The minimum Gasteiger partial charge on any atom is -0.510 e. The smallest absolute Gasteiger partial charge is 0.206 e. The predicted octanol–water partition coefficient (Wildman–Crippen LogP) is 4.94. The molecule has 0 spiro atoms. The van der Waals surface area contributed by atoms with Crippen LogP contribution in [0.3, 0.4) is 0 Å². The lowest BCUT2D eigenvalue weighted by molar-refractivity contribution is 0.421. The highest BCUT2D eigenvalue weighted by molar-refractivity contribution is 8.01. The number of benzene rings is 1. The number of nitrogens with zero attached hydrogens (tertiary/aromatic N) is 4. The van der Waals surface area contributed by atoms with Crippen molar-refractivity contribution in [1.29, 1.82) is 5.26 Å². The van der Waals surface area contributed by atoms with Gasteiger partial charge in [0.25, 0.3) is 0 Å². The Morgan fingerprint density at radius 1 is 1.31 bits per heavy atom. The Morgan fingerprint density at radius 2 is 2.15 bits per heavy atom. The summed E-state index contributed by atoms with van der Waals surface area (Å²) in [5.74, 6) is 0.259. The molecule has 0 aliphatic heterocycles. The molecule has 6 nitrogen and oxygen atoms in total. The average molecular weight is 404 g/mol. The zero-order valence-corrected chi connectivity index (χ0v) is 16.5. The lowest BCUT2D eigenvalue weighted by Gasteiger charge is -2.00. The quantitative estimate of drug-likeness (QED) is 0.238. The molecule has 0 fully saturated rings. The lowest BCUT2D eigenvalue weighted by atomic mass is 10.2. The van der Waals surface area contributed by atoms with Crippen LogP contribution in [-0.2, 0) is 0 Å². The summed E-state index contributed by atoms with van der Waals surface area (Å²) in [5.41, 5.74) is 1.04. The fraction of sp³-hybridized carbons (Fsp3) is 0.294. The van der Waals surface area contributed by atoms with Gasteiger partial charge in [-0.2, -0.15) is 5.26 Å². The van der Waals surface area contributed by atoms with E-state index in [4.69, 9.17) is 0 Å². The Morgan fingerprint density at radius 3 is 2.92 bits per heavy atom. The molecule has 1 aromatic carbocycles. The summed E-state index contributed by atoms with van der Waals surface area (Å²) in [5, 5.41) is 32.5. The first kappa shape index (κ1) is 18.6. The van der Waals surface area contributed by atoms with Gasteiger partial charge in [-0.05, 0) is 18.6 Å². The number of rotatable bonds is 8. The molecule has 0 saturated heterocycles. The Kier molecular flexibility index (Phi) is 6.44. The summed E-state index contributed by atoms with van der Waals surface area (Å²) in [6.45, 7) is 3.01. The zero-order valence-electron chi connectivity index (χ0n) is 14.1. The van der Waals surface area contributed by atoms with Crippen molar-refractivity contribution in [3.05, 3.63) is 35.0 Å². The molecule has 0 atom stereocenters. The minimum atomic E-state index is 0.00671. The van der Waals surface area contributed by atoms with E-state index in [0.29, 0.717) is 5.01 Å². The largest absolute Gasteiger partial charge is 0.510 e. The molecule has 0 unspecified atom stereocenters. The van der Waals surface area contributed by atoms with E-state index in [1.54, 1.807) is 0 Å². The number of aromatic nitrogens is 3. The fourth-order valence-electron chi connectivity index (χ4n) is 2.13. The van der Waals surface area contributed by atoms with Gasteiger partial charge in [-0.15, -0.1) is 21.5 Å². The molecule has 2 N–H and O–H groups in total. The van der Waals surface area contributed by atoms with Crippen molar-refractivity contribution in [2.45, 2.75) is 24.1 Å². The number of anilines is 1. The molecule has 2 heterocycles. The topological polar surface area (TPSA) is 94.7 Å². The van der Waals surface area contributed by atoms with Gasteiger partial charge in [0.15, 0.2) is 4.34 Å². The lowest BCUT2D eigenvalue weighted by Crippen LogP contribution is -1.99. The predicted molar refractivity (Wildman–Crippen MR) is 109 cm³/mol. The minimum absolute atomic E-state index is 0.00671. The summed E-state index contributed by atoms with van der Waals surface area (Å²) < 4.78 is 1.74. The van der Waals surface area contributed by atoms with Gasteiger partial charge < -0.3 is 10.4 Å². The standard InChI is InChI=1S/C17H17N5OS3/c1-2-3-8-19-16-21-22-17(26-16)24-10-13(23)11(9-18)15-20-12-6-4-5-7-14(12)25-15/h4-7,23H,2-3,8,10H2,1H3,(H,19,21)/b13-11-. The third kappa shape index (κ3) is 4.52. The number of unbranched alkanes of at least 4 members (excludes halogenated alkanes) is 1. The number of nitrogens with one attached hydrogen (secondary N) is 1.